The minimum absolute atomic E-state index is 0.0209. The summed E-state index contributed by atoms with van der Waals surface area (Å²) in [5, 5.41) is 11.4. The fourth-order valence-electron chi connectivity index (χ4n) is 2.74. The zero-order chi connectivity index (χ0) is 24.0. The number of aryl methyl sites for hydroxylation is 1. The van der Waals surface area contributed by atoms with Crippen molar-refractivity contribution in [3.8, 4) is 0 Å². The van der Waals surface area contributed by atoms with E-state index >= 15 is 0 Å². The second-order valence-corrected chi connectivity index (χ2v) is 10.6. The molecule has 0 saturated carbocycles. The third-order valence-corrected chi connectivity index (χ3v) is 7.92. The quantitative estimate of drug-likeness (QED) is 0.250. The molecule has 3 rings (SSSR count). The van der Waals surface area contributed by atoms with E-state index in [9.17, 15) is 18.0 Å². The Hall–Kier alpha value is -3.03. The number of anilines is 1. The minimum Gasteiger partial charge on any atom is -0.465 e. The smallest absolute Gasteiger partial charge is 0.350 e. The second kappa shape index (κ2) is 10.7. The number of carbonyl (C=O) groups excluding carboxylic acids is 2. The first-order chi connectivity index (χ1) is 15.7. The summed E-state index contributed by atoms with van der Waals surface area (Å²) >= 11 is 2.12. The van der Waals surface area contributed by atoms with Gasteiger partial charge in [0, 0.05) is 6.54 Å². The van der Waals surface area contributed by atoms with Gasteiger partial charge in [0.05, 0.1) is 23.5 Å². The van der Waals surface area contributed by atoms with E-state index < -0.39 is 15.8 Å². The number of aromatic nitrogens is 4. The highest BCUT2D eigenvalue weighted by atomic mass is 32.2. The van der Waals surface area contributed by atoms with Gasteiger partial charge in [-0.05, 0) is 19.1 Å². The molecule has 0 unspecified atom stereocenters. The molecule has 0 aliphatic rings. The molecule has 1 aromatic carbocycles. The molecule has 0 aliphatic carbocycles. The molecule has 1 N–H and O–H groups in total. The Morgan fingerprint density at radius 2 is 2.00 bits per heavy atom. The van der Waals surface area contributed by atoms with Crippen molar-refractivity contribution in [2.24, 2.45) is 0 Å². The van der Waals surface area contributed by atoms with E-state index in [1.54, 1.807) is 35.8 Å². The molecule has 0 aliphatic heterocycles. The lowest BCUT2D eigenvalue weighted by molar-refractivity contribution is -0.113. The minimum atomic E-state index is -3.61. The summed E-state index contributed by atoms with van der Waals surface area (Å²) < 4.78 is 31.7. The number of hydrogen-bond acceptors (Lipinski definition) is 10. The van der Waals surface area contributed by atoms with Crippen LogP contribution in [-0.2, 0) is 31.7 Å². The lowest BCUT2D eigenvalue weighted by Gasteiger charge is -2.08. The Balaban J connectivity index is 1.69. The van der Waals surface area contributed by atoms with Crippen LogP contribution in [0.15, 0.2) is 53.0 Å². The second-order valence-electron chi connectivity index (χ2n) is 6.63. The molecule has 2 heterocycles. The van der Waals surface area contributed by atoms with Crippen LogP contribution >= 0.6 is 23.1 Å². The van der Waals surface area contributed by atoms with Crippen molar-refractivity contribution in [1.82, 2.24) is 19.7 Å². The number of rotatable bonds is 10. The highest BCUT2D eigenvalue weighted by Gasteiger charge is 2.22. The fraction of sp³-hybridized carbons (Fsp3) is 0.250. The van der Waals surface area contributed by atoms with Gasteiger partial charge in [-0.2, -0.15) is 0 Å². The number of sulfone groups is 1. The molecule has 0 fully saturated rings. The molecule has 174 valence electrons. The van der Waals surface area contributed by atoms with E-state index in [4.69, 9.17) is 0 Å². The Morgan fingerprint density at radius 1 is 1.27 bits per heavy atom. The summed E-state index contributed by atoms with van der Waals surface area (Å²) in [7, 11) is -2.34. The van der Waals surface area contributed by atoms with Gasteiger partial charge in [0.1, 0.15) is 16.5 Å². The van der Waals surface area contributed by atoms with E-state index in [1.807, 2.05) is 0 Å². The molecule has 0 radical (unpaired) electrons. The number of nitrogens with zero attached hydrogens (tertiary/aromatic N) is 4. The van der Waals surface area contributed by atoms with Crippen LogP contribution in [0.5, 0.6) is 0 Å². The first kappa shape index (κ1) is 24.6. The predicted molar refractivity (Wildman–Crippen MR) is 125 cm³/mol. The van der Waals surface area contributed by atoms with Crippen molar-refractivity contribution in [3.63, 3.8) is 0 Å². The number of nitrogens with one attached hydrogen (secondary N) is 1. The van der Waals surface area contributed by atoms with Crippen LogP contribution < -0.4 is 5.32 Å². The van der Waals surface area contributed by atoms with Gasteiger partial charge in [-0.1, -0.05) is 47.4 Å². The maximum atomic E-state index is 12.7. The molecule has 0 spiro atoms. The first-order valence-corrected chi connectivity index (χ1v) is 13.0. The highest BCUT2D eigenvalue weighted by Crippen LogP contribution is 2.25. The Morgan fingerprint density at radius 3 is 2.67 bits per heavy atom. The van der Waals surface area contributed by atoms with Gasteiger partial charge >= 0.3 is 5.97 Å². The zero-order valence-corrected chi connectivity index (χ0v) is 20.3. The predicted octanol–water partition coefficient (Wildman–Crippen LogP) is 2.72. The number of amides is 1. The van der Waals surface area contributed by atoms with Crippen molar-refractivity contribution in [2.75, 3.05) is 18.2 Å². The van der Waals surface area contributed by atoms with Crippen molar-refractivity contribution < 1.29 is 22.7 Å². The van der Waals surface area contributed by atoms with Crippen LogP contribution in [0.1, 0.15) is 21.2 Å². The van der Waals surface area contributed by atoms with Crippen molar-refractivity contribution in [2.45, 2.75) is 29.3 Å². The molecule has 13 heteroatoms. The third-order valence-electron chi connectivity index (χ3n) is 4.27. The van der Waals surface area contributed by atoms with Gasteiger partial charge in [0.15, 0.2) is 20.1 Å². The molecule has 0 bridgehead atoms. The standard InChI is InChI=1S/C20H21N5O5S3/c1-4-10-25-15(12-33(28,29)14-8-6-5-7-9-14)23-24-20(25)31-11-16(26)22-19-21-13(2)17(32-19)18(27)30-3/h4-9H,1,10-12H2,2-3H3,(H,21,22,26). The summed E-state index contributed by atoms with van der Waals surface area (Å²) in [5.74, 6) is -0.987. The zero-order valence-electron chi connectivity index (χ0n) is 17.8. The van der Waals surface area contributed by atoms with E-state index in [1.165, 1.54) is 19.2 Å². The molecule has 2 aromatic heterocycles. The van der Waals surface area contributed by atoms with Crippen LogP contribution in [0.3, 0.4) is 0 Å². The molecule has 1 amide bonds. The van der Waals surface area contributed by atoms with Gasteiger partial charge in [0.25, 0.3) is 0 Å². The molecule has 0 saturated heterocycles. The molecule has 0 atom stereocenters. The largest absolute Gasteiger partial charge is 0.465 e. The van der Waals surface area contributed by atoms with Gasteiger partial charge in [0.2, 0.25) is 5.91 Å². The third kappa shape index (κ3) is 6.06. The van der Waals surface area contributed by atoms with E-state index in [2.05, 4.69) is 31.8 Å². The number of carbonyl (C=O) groups is 2. The van der Waals surface area contributed by atoms with Gasteiger partial charge in [-0.3, -0.25) is 4.79 Å². The number of hydrogen-bond donors (Lipinski definition) is 1. The molecule has 33 heavy (non-hydrogen) atoms. The number of thiazole rings is 1. The fourth-order valence-corrected chi connectivity index (χ4v) is 5.70. The molecule has 3 aromatic rings. The average Bonchev–Trinajstić information content (AvgIpc) is 3.35. The molecule has 10 nitrogen and oxygen atoms in total. The number of esters is 1. The van der Waals surface area contributed by atoms with Crippen LogP contribution in [-0.4, -0.2) is 52.9 Å². The normalized spacial score (nSPS) is 11.2. The summed E-state index contributed by atoms with van der Waals surface area (Å²) in [4.78, 5) is 28.7. The maximum absolute atomic E-state index is 12.7. The lowest BCUT2D eigenvalue weighted by Crippen LogP contribution is -2.15. The van der Waals surface area contributed by atoms with Gasteiger partial charge in [-0.25, -0.2) is 18.2 Å². The van der Waals surface area contributed by atoms with E-state index in [-0.39, 0.29) is 39.8 Å². The highest BCUT2D eigenvalue weighted by molar-refractivity contribution is 7.99. The Bertz CT molecular complexity index is 1270. The maximum Gasteiger partial charge on any atom is 0.350 e. The van der Waals surface area contributed by atoms with Crippen LogP contribution in [0, 0.1) is 6.92 Å². The van der Waals surface area contributed by atoms with Gasteiger partial charge < -0.3 is 14.6 Å². The summed E-state index contributed by atoms with van der Waals surface area (Å²) in [6.45, 7) is 5.63. The Kier molecular flexibility index (Phi) is 8.00. The van der Waals surface area contributed by atoms with Crippen molar-refractivity contribution in [3.05, 3.63) is 59.4 Å². The van der Waals surface area contributed by atoms with Gasteiger partial charge in [-0.15, -0.1) is 16.8 Å². The summed E-state index contributed by atoms with van der Waals surface area (Å²) in [6.07, 6.45) is 1.60. The average molecular weight is 508 g/mol. The van der Waals surface area contributed by atoms with Crippen LogP contribution in [0.4, 0.5) is 5.13 Å². The molecular formula is C20H21N5O5S3. The number of thioether (sulfide) groups is 1. The lowest BCUT2D eigenvalue weighted by atomic mass is 10.4. The topological polar surface area (TPSA) is 133 Å². The summed E-state index contributed by atoms with van der Waals surface area (Å²) in [5.41, 5.74) is 0.463. The first-order valence-electron chi connectivity index (χ1n) is 9.54. The van der Waals surface area contributed by atoms with Crippen molar-refractivity contribution >= 4 is 49.9 Å². The molecular weight excluding hydrogens is 486 g/mol. The van der Waals surface area contributed by atoms with E-state index in [0.29, 0.717) is 15.7 Å². The monoisotopic (exact) mass is 507 g/mol. The number of methoxy groups -OCH3 is 1. The number of ether oxygens (including phenoxy) is 1. The SMILES string of the molecule is C=CCn1c(CS(=O)(=O)c2ccccc2)nnc1SCC(=O)Nc1nc(C)c(C(=O)OC)s1. The van der Waals surface area contributed by atoms with E-state index in [0.717, 1.165) is 23.1 Å². The number of benzene rings is 1. The van der Waals surface area contributed by atoms with Crippen LogP contribution in [0.25, 0.3) is 0 Å². The number of allylic oxidation sites excluding steroid dienone is 1. The summed E-state index contributed by atoms with van der Waals surface area (Å²) in [6, 6.07) is 8.09. The Labute approximate surface area is 199 Å². The van der Waals surface area contributed by atoms with Crippen molar-refractivity contribution in [1.29, 1.82) is 0 Å². The van der Waals surface area contributed by atoms with Crippen LogP contribution in [0.2, 0.25) is 0 Å².